The van der Waals surface area contributed by atoms with Crippen LogP contribution in [0, 0.1) is 10.1 Å². The maximum atomic E-state index is 12.5. The van der Waals surface area contributed by atoms with E-state index in [0.29, 0.717) is 13.2 Å². The second-order valence-corrected chi connectivity index (χ2v) is 4.72. The van der Waals surface area contributed by atoms with Crippen molar-refractivity contribution >= 4 is 23.2 Å². The molecule has 0 saturated carbocycles. The molecule has 1 amide bonds. The molecule has 0 heterocycles. The summed E-state index contributed by atoms with van der Waals surface area (Å²) in [6.07, 6.45) is 0. The number of rotatable bonds is 6. The van der Waals surface area contributed by atoms with Gasteiger partial charge in [-0.3, -0.25) is 14.9 Å². The largest absolute Gasteiger partial charge is 0.383 e. The van der Waals surface area contributed by atoms with E-state index in [1.54, 1.807) is 12.0 Å². The van der Waals surface area contributed by atoms with Crippen LogP contribution in [-0.2, 0) is 4.74 Å². The third-order valence-corrected chi connectivity index (χ3v) is 3.26. The first-order valence-corrected chi connectivity index (χ1v) is 6.54. The lowest BCUT2D eigenvalue weighted by atomic mass is 10.1. The number of ether oxygens (including phenoxy) is 1. The molecule has 0 aliphatic carbocycles. The van der Waals surface area contributed by atoms with Gasteiger partial charge >= 0.3 is 0 Å². The van der Waals surface area contributed by atoms with Crippen LogP contribution in [0.5, 0.6) is 0 Å². The van der Waals surface area contributed by atoms with E-state index in [4.69, 9.17) is 16.3 Å². The van der Waals surface area contributed by atoms with Crippen LogP contribution in [0.15, 0.2) is 18.2 Å². The highest BCUT2D eigenvalue weighted by molar-refractivity contribution is 6.33. The number of methoxy groups -OCH3 is 1. The summed E-state index contributed by atoms with van der Waals surface area (Å²) in [5.41, 5.74) is -0.0288. The first-order valence-electron chi connectivity index (χ1n) is 6.16. The van der Waals surface area contributed by atoms with Gasteiger partial charge in [-0.25, -0.2) is 0 Å². The lowest BCUT2D eigenvalue weighted by Crippen LogP contribution is -2.41. The number of carbonyl (C=O) groups excluding carboxylic acids is 1. The van der Waals surface area contributed by atoms with E-state index in [0.717, 1.165) is 0 Å². The van der Waals surface area contributed by atoms with Gasteiger partial charge in [0.1, 0.15) is 0 Å². The predicted octanol–water partition coefficient (Wildman–Crippen LogP) is 2.75. The van der Waals surface area contributed by atoms with Crippen LogP contribution in [0.2, 0.25) is 5.02 Å². The molecule has 1 aromatic rings. The number of hydrogen-bond acceptors (Lipinski definition) is 4. The van der Waals surface area contributed by atoms with Crippen LogP contribution in [-0.4, -0.2) is 42.0 Å². The summed E-state index contributed by atoms with van der Waals surface area (Å²) in [6, 6.07) is 3.69. The maximum Gasteiger partial charge on any atom is 0.270 e. The van der Waals surface area contributed by atoms with Crippen molar-refractivity contribution in [2.45, 2.75) is 19.9 Å². The third kappa shape index (κ3) is 3.68. The maximum absolute atomic E-state index is 12.5. The Bertz CT molecular complexity index is 507. The van der Waals surface area contributed by atoms with Crippen LogP contribution in [0.1, 0.15) is 24.2 Å². The fraction of sp³-hybridized carbons (Fsp3) is 0.462. The number of nitro benzene ring substituents is 1. The average Bonchev–Trinajstić information content (AvgIpc) is 2.39. The van der Waals surface area contributed by atoms with Gasteiger partial charge in [-0.15, -0.1) is 0 Å². The molecule has 0 aliphatic rings. The average molecular weight is 301 g/mol. The first kappa shape index (κ1) is 16.4. The molecule has 0 saturated heterocycles. The number of non-ortho nitro benzene ring substituents is 1. The second-order valence-electron chi connectivity index (χ2n) is 4.32. The highest BCUT2D eigenvalue weighted by atomic mass is 35.5. The zero-order valence-corrected chi connectivity index (χ0v) is 12.4. The second kappa shape index (κ2) is 7.21. The molecule has 0 fully saturated rings. The van der Waals surface area contributed by atoms with Crippen molar-refractivity contribution in [3.63, 3.8) is 0 Å². The Hall–Kier alpha value is -1.66. The Labute approximate surface area is 122 Å². The van der Waals surface area contributed by atoms with Crippen molar-refractivity contribution in [2.75, 3.05) is 20.3 Å². The van der Waals surface area contributed by atoms with E-state index >= 15 is 0 Å². The molecule has 110 valence electrons. The molecule has 0 N–H and O–H groups in total. The van der Waals surface area contributed by atoms with Gasteiger partial charge in [-0.05, 0) is 19.9 Å². The number of benzene rings is 1. The molecular weight excluding hydrogens is 284 g/mol. The summed E-state index contributed by atoms with van der Waals surface area (Å²) in [4.78, 5) is 24.2. The summed E-state index contributed by atoms with van der Waals surface area (Å²) in [7, 11) is 1.55. The standard InChI is InChI=1S/C13H17ClN2O4/c1-4-15(9(2)8-20-3)13(17)11-7-10(16(18)19)5-6-12(11)14/h5-7,9H,4,8H2,1-3H3. The van der Waals surface area contributed by atoms with Gasteiger partial charge in [0, 0.05) is 25.8 Å². The molecule has 0 aromatic heterocycles. The lowest BCUT2D eigenvalue weighted by molar-refractivity contribution is -0.384. The predicted molar refractivity (Wildman–Crippen MR) is 76.2 cm³/mol. The Morgan fingerprint density at radius 3 is 2.70 bits per heavy atom. The van der Waals surface area contributed by atoms with E-state index in [-0.39, 0.29) is 28.2 Å². The van der Waals surface area contributed by atoms with Crippen molar-refractivity contribution < 1.29 is 14.5 Å². The van der Waals surface area contributed by atoms with Crippen molar-refractivity contribution in [3.05, 3.63) is 38.9 Å². The van der Waals surface area contributed by atoms with Gasteiger partial charge in [-0.1, -0.05) is 11.6 Å². The van der Waals surface area contributed by atoms with E-state index < -0.39 is 4.92 Å². The number of carbonyl (C=O) groups is 1. The highest BCUT2D eigenvalue weighted by Crippen LogP contribution is 2.24. The van der Waals surface area contributed by atoms with E-state index in [1.807, 2.05) is 13.8 Å². The summed E-state index contributed by atoms with van der Waals surface area (Å²) in [5, 5.41) is 11.0. The number of amides is 1. The summed E-state index contributed by atoms with van der Waals surface area (Å²) < 4.78 is 5.03. The molecule has 0 radical (unpaired) electrons. The molecule has 0 bridgehead atoms. The monoisotopic (exact) mass is 300 g/mol. The minimum atomic E-state index is -0.554. The minimum Gasteiger partial charge on any atom is -0.383 e. The number of nitro groups is 1. The van der Waals surface area contributed by atoms with Gasteiger partial charge in [0.05, 0.1) is 28.2 Å². The molecule has 0 spiro atoms. The fourth-order valence-electron chi connectivity index (χ4n) is 1.93. The van der Waals surface area contributed by atoms with Gasteiger partial charge in [0.2, 0.25) is 0 Å². The van der Waals surface area contributed by atoms with Crippen molar-refractivity contribution in [3.8, 4) is 0 Å². The van der Waals surface area contributed by atoms with Crippen molar-refractivity contribution in [2.24, 2.45) is 0 Å². The smallest absolute Gasteiger partial charge is 0.270 e. The van der Waals surface area contributed by atoms with Crippen LogP contribution >= 0.6 is 11.6 Å². The zero-order valence-electron chi connectivity index (χ0n) is 11.6. The SMILES string of the molecule is CCN(C(=O)c1cc([N+](=O)[O-])ccc1Cl)C(C)COC. The molecular formula is C13H17ClN2O4. The van der Waals surface area contributed by atoms with Crippen LogP contribution in [0.3, 0.4) is 0 Å². The molecule has 20 heavy (non-hydrogen) atoms. The summed E-state index contributed by atoms with van der Waals surface area (Å²) in [5.74, 6) is -0.342. The molecule has 7 heteroatoms. The molecule has 1 rings (SSSR count). The zero-order chi connectivity index (χ0) is 15.3. The van der Waals surface area contributed by atoms with Crippen LogP contribution in [0.4, 0.5) is 5.69 Å². The quantitative estimate of drug-likeness (QED) is 0.598. The minimum absolute atomic E-state index is 0.130. The van der Waals surface area contributed by atoms with Crippen LogP contribution < -0.4 is 0 Å². The number of likely N-dealkylation sites (N-methyl/N-ethyl adjacent to an activating group) is 1. The molecule has 1 atom stereocenters. The number of halogens is 1. The summed E-state index contributed by atoms with van der Waals surface area (Å²) >= 11 is 5.98. The topological polar surface area (TPSA) is 72.7 Å². The van der Waals surface area contributed by atoms with Crippen molar-refractivity contribution in [1.82, 2.24) is 4.90 Å². The Balaban J connectivity index is 3.11. The van der Waals surface area contributed by atoms with Gasteiger partial charge < -0.3 is 9.64 Å². The molecule has 6 nitrogen and oxygen atoms in total. The Morgan fingerprint density at radius 1 is 1.55 bits per heavy atom. The first-order chi connectivity index (χ1) is 9.42. The Kier molecular flexibility index (Phi) is 5.91. The van der Waals surface area contributed by atoms with E-state index in [9.17, 15) is 14.9 Å². The van der Waals surface area contributed by atoms with E-state index in [1.165, 1.54) is 18.2 Å². The fourth-order valence-corrected chi connectivity index (χ4v) is 2.13. The Morgan fingerprint density at radius 2 is 2.20 bits per heavy atom. The lowest BCUT2D eigenvalue weighted by Gasteiger charge is -2.27. The summed E-state index contributed by atoms with van der Waals surface area (Å²) in [6.45, 7) is 4.51. The number of nitrogens with zero attached hydrogens (tertiary/aromatic N) is 2. The number of hydrogen-bond donors (Lipinski definition) is 0. The van der Waals surface area contributed by atoms with E-state index in [2.05, 4.69) is 0 Å². The third-order valence-electron chi connectivity index (χ3n) is 2.93. The van der Waals surface area contributed by atoms with Gasteiger partial charge in [-0.2, -0.15) is 0 Å². The molecule has 0 aliphatic heterocycles. The molecule has 1 unspecified atom stereocenters. The van der Waals surface area contributed by atoms with Gasteiger partial charge in [0.15, 0.2) is 0 Å². The highest BCUT2D eigenvalue weighted by Gasteiger charge is 2.23. The van der Waals surface area contributed by atoms with Crippen LogP contribution in [0.25, 0.3) is 0 Å². The molecule has 1 aromatic carbocycles. The van der Waals surface area contributed by atoms with Crippen molar-refractivity contribution in [1.29, 1.82) is 0 Å². The normalized spacial score (nSPS) is 12.0. The van der Waals surface area contributed by atoms with Gasteiger partial charge in [0.25, 0.3) is 11.6 Å².